The van der Waals surface area contributed by atoms with Gasteiger partial charge in [0.15, 0.2) is 11.5 Å². The van der Waals surface area contributed by atoms with Gasteiger partial charge in [-0.25, -0.2) is 5.43 Å². The van der Waals surface area contributed by atoms with E-state index in [4.69, 9.17) is 25.8 Å². The van der Waals surface area contributed by atoms with Crippen LogP contribution in [0.15, 0.2) is 41.5 Å². The Morgan fingerprint density at radius 1 is 1.15 bits per heavy atom. The van der Waals surface area contributed by atoms with E-state index in [1.807, 2.05) is 24.3 Å². The van der Waals surface area contributed by atoms with Crippen LogP contribution in [-0.4, -0.2) is 39.2 Å². The molecular formula is C19H21ClN2O4S. The molecule has 0 heterocycles. The molecule has 0 saturated heterocycles. The third-order valence-corrected chi connectivity index (χ3v) is 4.89. The summed E-state index contributed by atoms with van der Waals surface area (Å²) >= 11 is 7.56. The van der Waals surface area contributed by atoms with E-state index in [1.54, 1.807) is 12.1 Å². The molecule has 2 aromatic carbocycles. The number of methoxy groups -OCH3 is 3. The maximum absolute atomic E-state index is 11.9. The minimum atomic E-state index is -0.198. The number of rotatable bonds is 9. The van der Waals surface area contributed by atoms with E-state index in [9.17, 15) is 4.79 Å². The zero-order valence-electron chi connectivity index (χ0n) is 15.3. The average Bonchev–Trinajstić information content (AvgIpc) is 2.68. The maximum atomic E-state index is 11.9. The van der Waals surface area contributed by atoms with Crippen molar-refractivity contribution in [2.75, 3.05) is 27.1 Å². The average molecular weight is 409 g/mol. The molecule has 0 aliphatic carbocycles. The largest absolute Gasteiger partial charge is 0.493 e. The minimum Gasteiger partial charge on any atom is -0.493 e. The van der Waals surface area contributed by atoms with Crippen LogP contribution < -0.4 is 19.6 Å². The van der Waals surface area contributed by atoms with Crippen LogP contribution in [0.5, 0.6) is 17.2 Å². The summed E-state index contributed by atoms with van der Waals surface area (Å²) < 4.78 is 15.8. The molecule has 2 rings (SSSR count). The van der Waals surface area contributed by atoms with Gasteiger partial charge in [-0.1, -0.05) is 29.8 Å². The molecule has 0 atom stereocenters. The second-order valence-electron chi connectivity index (χ2n) is 5.34. The van der Waals surface area contributed by atoms with Crippen molar-refractivity contribution >= 4 is 35.5 Å². The highest BCUT2D eigenvalue weighted by molar-refractivity contribution is 7.99. The highest BCUT2D eigenvalue weighted by atomic mass is 35.5. The number of nitrogens with one attached hydrogen (secondary N) is 1. The third kappa shape index (κ3) is 6.08. The molecule has 0 bridgehead atoms. The second kappa shape index (κ2) is 10.7. The van der Waals surface area contributed by atoms with E-state index in [0.717, 1.165) is 5.56 Å². The Morgan fingerprint density at radius 2 is 1.81 bits per heavy atom. The minimum absolute atomic E-state index is 0.198. The van der Waals surface area contributed by atoms with Crippen LogP contribution in [0.3, 0.4) is 0 Å². The summed E-state index contributed by atoms with van der Waals surface area (Å²) in [6.45, 7) is 0. The Labute approximate surface area is 167 Å². The molecule has 27 heavy (non-hydrogen) atoms. The van der Waals surface area contributed by atoms with Gasteiger partial charge in [-0.2, -0.15) is 5.10 Å². The van der Waals surface area contributed by atoms with E-state index in [-0.39, 0.29) is 11.7 Å². The molecule has 0 radical (unpaired) electrons. The van der Waals surface area contributed by atoms with Gasteiger partial charge in [-0.15, -0.1) is 11.8 Å². The summed E-state index contributed by atoms with van der Waals surface area (Å²) in [7, 11) is 4.61. The SMILES string of the molecule is COc1cc(/C=N/NC(=O)CSCc2ccccc2Cl)cc(OC)c1OC. The number of nitrogens with zero attached hydrogens (tertiary/aromatic N) is 1. The predicted octanol–water partition coefficient (Wildman–Crippen LogP) is 3.75. The summed E-state index contributed by atoms with van der Waals surface area (Å²) in [5.74, 6) is 2.26. The molecule has 2 aromatic rings. The fraction of sp³-hybridized carbons (Fsp3) is 0.263. The molecular weight excluding hydrogens is 388 g/mol. The van der Waals surface area contributed by atoms with Crippen molar-refractivity contribution in [3.05, 3.63) is 52.5 Å². The van der Waals surface area contributed by atoms with Gasteiger partial charge < -0.3 is 14.2 Å². The van der Waals surface area contributed by atoms with Crippen molar-refractivity contribution < 1.29 is 19.0 Å². The van der Waals surface area contributed by atoms with Gasteiger partial charge in [0.1, 0.15) is 0 Å². The first-order chi connectivity index (χ1) is 13.1. The number of hydrazone groups is 1. The molecule has 1 amide bonds. The van der Waals surface area contributed by atoms with Crippen molar-refractivity contribution in [1.29, 1.82) is 0 Å². The van der Waals surface area contributed by atoms with E-state index < -0.39 is 0 Å². The lowest BCUT2D eigenvalue weighted by atomic mass is 10.2. The molecule has 1 N–H and O–H groups in total. The molecule has 144 valence electrons. The Morgan fingerprint density at radius 3 is 2.41 bits per heavy atom. The molecule has 6 nitrogen and oxygen atoms in total. The fourth-order valence-electron chi connectivity index (χ4n) is 2.26. The van der Waals surface area contributed by atoms with E-state index >= 15 is 0 Å². The first-order valence-electron chi connectivity index (χ1n) is 8.02. The van der Waals surface area contributed by atoms with Gasteiger partial charge in [0.25, 0.3) is 0 Å². The van der Waals surface area contributed by atoms with Gasteiger partial charge in [0.05, 0.1) is 33.3 Å². The smallest absolute Gasteiger partial charge is 0.250 e. The van der Waals surface area contributed by atoms with Crippen molar-refractivity contribution in [2.24, 2.45) is 5.10 Å². The Bertz CT molecular complexity index is 789. The summed E-state index contributed by atoms with van der Waals surface area (Å²) in [6, 6.07) is 11.0. The third-order valence-electron chi connectivity index (χ3n) is 3.54. The monoisotopic (exact) mass is 408 g/mol. The fourth-order valence-corrected chi connectivity index (χ4v) is 3.36. The summed E-state index contributed by atoms with van der Waals surface area (Å²) in [5.41, 5.74) is 4.20. The number of carbonyl (C=O) groups excluding carboxylic acids is 1. The summed E-state index contributed by atoms with van der Waals surface area (Å²) in [6.07, 6.45) is 1.51. The van der Waals surface area contributed by atoms with Crippen molar-refractivity contribution in [2.45, 2.75) is 5.75 Å². The van der Waals surface area contributed by atoms with Crippen LogP contribution in [0.2, 0.25) is 5.02 Å². The standard InChI is InChI=1S/C19H21ClN2O4S/c1-24-16-8-13(9-17(25-2)19(16)26-3)10-21-22-18(23)12-27-11-14-6-4-5-7-15(14)20/h4-10H,11-12H2,1-3H3,(H,22,23)/b21-10+. The van der Waals surface area contributed by atoms with Crippen LogP contribution in [0.1, 0.15) is 11.1 Å². The quantitative estimate of drug-likeness (QED) is 0.505. The zero-order chi connectivity index (χ0) is 19.6. The number of halogens is 1. The van der Waals surface area contributed by atoms with Gasteiger partial charge >= 0.3 is 0 Å². The van der Waals surface area contributed by atoms with Gasteiger partial charge in [0, 0.05) is 16.3 Å². The Balaban J connectivity index is 1.89. The highest BCUT2D eigenvalue weighted by Crippen LogP contribution is 2.37. The van der Waals surface area contributed by atoms with Crippen LogP contribution in [-0.2, 0) is 10.5 Å². The van der Waals surface area contributed by atoms with Crippen LogP contribution in [0.4, 0.5) is 0 Å². The topological polar surface area (TPSA) is 69.2 Å². The Kier molecular flexibility index (Phi) is 8.29. The number of benzene rings is 2. The lowest BCUT2D eigenvalue weighted by Gasteiger charge is -2.12. The lowest BCUT2D eigenvalue weighted by molar-refractivity contribution is -0.118. The second-order valence-corrected chi connectivity index (χ2v) is 6.73. The number of hydrogen-bond donors (Lipinski definition) is 1. The summed E-state index contributed by atoms with van der Waals surface area (Å²) in [4.78, 5) is 11.9. The molecule has 0 aromatic heterocycles. The number of ether oxygens (including phenoxy) is 3. The summed E-state index contributed by atoms with van der Waals surface area (Å²) in [5, 5.41) is 4.68. The van der Waals surface area contributed by atoms with Crippen LogP contribution >= 0.6 is 23.4 Å². The van der Waals surface area contributed by atoms with E-state index in [1.165, 1.54) is 39.3 Å². The van der Waals surface area contributed by atoms with Crippen LogP contribution in [0, 0.1) is 0 Å². The van der Waals surface area contributed by atoms with Crippen molar-refractivity contribution in [3.8, 4) is 17.2 Å². The highest BCUT2D eigenvalue weighted by Gasteiger charge is 2.12. The molecule has 0 unspecified atom stereocenters. The van der Waals surface area contributed by atoms with Gasteiger partial charge in [-0.3, -0.25) is 4.79 Å². The zero-order valence-corrected chi connectivity index (χ0v) is 16.9. The molecule has 8 heteroatoms. The normalized spacial score (nSPS) is 10.7. The van der Waals surface area contributed by atoms with Gasteiger partial charge in [-0.05, 0) is 23.8 Å². The maximum Gasteiger partial charge on any atom is 0.250 e. The molecule has 0 saturated carbocycles. The number of amides is 1. The first kappa shape index (κ1) is 20.9. The lowest BCUT2D eigenvalue weighted by Crippen LogP contribution is -2.19. The number of carbonyl (C=O) groups is 1. The molecule has 0 fully saturated rings. The molecule has 0 aliphatic heterocycles. The predicted molar refractivity (Wildman–Crippen MR) is 109 cm³/mol. The number of hydrogen-bond acceptors (Lipinski definition) is 6. The van der Waals surface area contributed by atoms with Crippen molar-refractivity contribution in [1.82, 2.24) is 5.43 Å². The molecule has 0 aliphatic rings. The van der Waals surface area contributed by atoms with Gasteiger partial charge in [0.2, 0.25) is 11.7 Å². The number of thioether (sulfide) groups is 1. The molecule has 0 spiro atoms. The first-order valence-corrected chi connectivity index (χ1v) is 9.55. The van der Waals surface area contributed by atoms with E-state index in [0.29, 0.717) is 33.6 Å². The van der Waals surface area contributed by atoms with E-state index in [2.05, 4.69) is 10.5 Å². The van der Waals surface area contributed by atoms with Crippen molar-refractivity contribution in [3.63, 3.8) is 0 Å². The van der Waals surface area contributed by atoms with Crippen LogP contribution in [0.25, 0.3) is 0 Å². The Hall–Kier alpha value is -2.38.